The van der Waals surface area contributed by atoms with E-state index in [2.05, 4.69) is 20.3 Å². The van der Waals surface area contributed by atoms with E-state index in [4.69, 9.17) is 9.47 Å². The molecule has 1 aliphatic heterocycles. The first-order valence-corrected chi connectivity index (χ1v) is 6.80. The molecule has 0 saturated carbocycles. The summed E-state index contributed by atoms with van der Waals surface area (Å²) in [5.74, 6) is 0.946. The van der Waals surface area contributed by atoms with Crippen molar-refractivity contribution in [1.29, 1.82) is 0 Å². The molecule has 2 N–H and O–H groups in total. The van der Waals surface area contributed by atoms with Crippen molar-refractivity contribution in [3.63, 3.8) is 0 Å². The van der Waals surface area contributed by atoms with E-state index in [1.807, 2.05) is 11.8 Å². The largest absolute Gasteiger partial charge is 0.463 e. The van der Waals surface area contributed by atoms with E-state index in [9.17, 15) is 5.11 Å². The molecule has 1 aromatic rings. The zero-order valence-corrected chi connectivity index (χ0v) is 11.9. The lowest BCUT2D eigenvalue weighted by Gasteiger charge is -2.34. The van der Waals surface area contributed by atoms with E-state index in [0.29, 0.717) is 44.3 Å². The van der Waals surface area contributed by atoms with Gasteiger partial charge in [-0.25, -0.2) is 0 Å². The Bertz CT molecular complexity index is 432. The molecule has 2 rings (SSSR count). The van der Waals surface area contributed by atoms with Crippen molar-refractivity contribution in [1.82, 2.24) is 15.0 Å². The van der Waals surface area contributed by atoms with E-state index < -0.39 is 0 Å². The average molecular weight is 283 g/mol. The van der Waals surface area contributed by atoms with Gasteiger partial charge in [-0.3, -0.25) is 0 Å². The normalized spacial score (nSPS) is 18.9. The van der Waals surface area contributed by atoms with Crippen LogP contribution in [0.2, 0.25) is 0 Å². The van der Waals surface area contributed by atoms with Crippen LogP contribution in [-0.4, -0.2) is 66.1 Å². The van der Waals surface area contributed by atoms with Gasteiger partial charge in [0.25, 0.3) is 0 Å². The smallest absolute Gasteiger partial charge is 0.323 e. The molecule has 1 atom stereocenters. The lowest BCUT2D eigenvalue weighted by molar-refractivity contribution is 0.0717. The molecule has 0 radical (unpaired) electrons. The molecule has 8 nitrogen and oxygen atoms in total. The van der Waals surface area contributed by atoms with Crippen molar-refractivity contribution in [2.45, 2.75) is 19.4 Å². The fourth-order valence-corrected chi connectivity index (χ4v) is 1.91. The summed E-state index contributed by atoms with van der Waals surface area (Å²) in [7, 11) is 1.74. The predicted octanol–water partition coefficient (Wildman–Crippen LogP) is -0.100. The Morgan fingerprint density at radius 1 is 1.45 bits per heavy atom. The summed E-state index contributed by atoms with van der Waals surface area (Å²) < 4.78 is 10.8. The molecule has 1 saturated heterocycles. The number of morpholine rings is 1. The van der Waals surface area contributed by atoms with Crippen LogP contribution in [0.15, 0.2) is 0 Å². The van der Waals surface area contributed by atoms with E-state index in [-0.39, 0.29) is 12.6 Å². The Hall–Kier alpha value is -1.67. The molecule has 112 valence electrons. The standard InChI is InChI=1S/C12H21N5O3/c1-3-5-20-12-15-10(13-2)14-11(16-12)17-4-6-19-8-9(17)7-18/h9,18H,3-8H2,1-2H3,(H,13,14,15,16). The lowest BCUT2D eigenvalue weighted by Crippen LogP contribution is -2.48. The summed E-state index contributed by atoms with van der Waals surface area (Å²) >= 11 is 0. The van der Waals surface area contributed by atoms with E-state index in [0.717, 1.165) is 6.42 Å². The van der Waals surface area contributed by atoms with Crippen LogP contribution in [0.3, 0.4) is 0 Å². The Balaban J connectivity index is 2.24. The second-order valence-electron chi connectivity index (χ2n) is 4.44. The predicted molar refractivity (Wildman–Crippen MR) is 74.2 cm³/mol. The maximum atomic E-state index is 9.42. The van der Waals surface area contributed by atoms with Crippen LogP contribution >= 0.6 is 0 Å². The van der Waals surface area contributed by atoms with Gasteiger partial charge in [0, 0.05) is 13.6 Å². The molecule has 1 unspecified atom stereocenters. The number of hydrogen-bond donors (Lipinski definition) is 2. The maximum absolute atomic E-state index is 9.42. The number of aliphatic hydroxyl groups excluding tert-OH is 1. The Morgan fingerprint density at radius 3 is 3.00 bits per heavy atom. The number of nitrogens with one attached hydrogen (secondary N) is 1. The summed E-state index contributed by atoms with van der Waals surface area (Å²) in [6, 6.07) is 0.152. The summed E-state index contributed by atoms with van der Waals surface area (Å²) in [5, 5.41) is 12.3. The van der Waals surface area contributed by atoms with E-state index in [1.54, 1.807) is 7.05 Å². The minimum atomic E-state index is -0.144. The minimum Gasteiger partial charge on any atom is -0.463 e. The fourth-order valence-electron chi connectivity index (χ4n) is 1.91. The van der Waals surface area contributed by atoms with Crippen molar-refractivity contribution in [2.24, 2.45) is 0 Å². The molecule has 0 aromatic carbocycles. The molecular weight excluding hydrogens is 262 g/mol. The third-order valence-electron chi connectivity index (χ3n) is 2.96. The zero-order valence-electron chi connectivity index (χ0n) is 11.9. The summed E-state index contributed by atoms with van der Waals surface area (Å²) in [4.78, 5) is 14.7. The zero-order chi connectivity index (χ0) is 14.4. The molecule has 0 bridgehead atoms. The van der Waals surface area contributed by atoms with Gasteiger partial charge in [-0.15, -0.1) is 0 Å². The molecule has 0 aliphatic carbocycles. The number of aromatic nitrogens is 3. The third-order valence-corrected chi connectivity index (χ3v) is 2.96. The van der Waals surface area contributed by atoms with Crippen molar-refractivity contribution >= 4 is 11.9 Å². The van der Waals surface area contributed by atoms with Gasteiger partial charge in [-0.05, 0) is 6.42 Å². The third kappa shape index (κ3) is 3.45. The highest BCUT2D eigenvalue weighted by atomic mass is 16.5. The van der Waals surface area contributed by atoms with Crippen LogP contribution in [-0.2, 0) is 4.74 Å². The van der Waals surface area contributed by atoms with E-state index in [1.165, 1.54) is 0 Å². The first-order chi connectivity index (χ1) is 9.78. The van der Waals surface area contributed by atoms with Crippen molar-refractivity contribution in [2.75, 3.05) is 50.2 Å². The van der Waals surface area contributed by atoms with Crippen LogP contribution in [0.25, 0.3) is 0 Å². The van der Waals surface area contributed by atoms with Gasteiger partial charge in [0.05, 0.1) is 32.5 Å². The molecule has 0 amide bonds. The summed E-state index contributed by atoms with van der Waals surface area (Å²) in [6.07, 6.45) is 0.882. The summed E-state index contributed by atoms with van der Waals surface area (Å²) in [6.45, 7) is 4.24. The number of aliphatic hydroxyl groups is 1. The Kier molecular flexibility index (Phi) is 5.31. The quantitative estimate of drug-likeness (QED) is 0.747. The monoisotopic (exact) mass is 283 g/mol. The van der Waals surface area contributed by atoms with Crippen LogP contribution in [0, 0.1) is 0 Å². The fraction of sp³-hybridized carbons (Fsp3) is 0.750. The Labute approximate surface area is 118 Å². The highest BCUT2D eigenvalue weighted by Gasteiger charge is 2.25. The molecular formula is C12H21N5O3. The number of ether oxygens (including phenoxy) is 2. The van der Waals surface area contributed by atoms with Gasteiger partial charge in [0.15, 0.2) is 0 Å². The first kappa shape index (κ1) is 14.7. The van der Waals surface area contributed by atoms with Crippen LogP contribution in [0.5, 0.6) is 6.01 Å². The number of anilines is 2. The van der Waals surface area contributed by atoms with Gasteiger partial charge >= 0.3 is 6.01 Å². The second kappa shape index (κ2) is 7.20. The van der Waals surface area contributed by atoms with Gasteiger partial charge in [0.1, 0.15) is 0 Å². The number of nitrogens with zero attached hydrogens (tertiary/aromatic N) is 4. The Morgan fingerprint density at radius 2 is 2.30 bits per heavy atom. The van der Waals surface area contributed by atoms with Crippen molar-refractivity contribution < 1.29 is 14.6 Å². The average Bonchev–Trinajstić information content (AvgIpc) is 2.52. The maximum Gasteiger partial charge on any atom is 0.323 e. The SMILES string of the molecule is CCCOc1nc(NC)nc(N2CCOCC2CO)n1. The van der Waals surface area contributed by atoms with Crippen LogP contribution in [0.1, 0.15) is 13.3 Å². The van der Waals surface area contributed by atoms with Crippen molar-refractivity contribution in [3.8, 4) is 6.01 Å². The van der Waals surface area contributed by atoms with Crippen LogP contribution in [0.4, 0.5) is 11.9 Å². The molecule has 1 fully saturated rings. The number of hydrogen-bond acceptors (Lipinski definition) is 8. The van der Waals surface area contributed by atoms with Gasteiger partial charge in [-0.2, -0.15) is 15.0 Å². The highest BCUT2D eigenvalue weighted by molar-refractivity contribution is 5.39. The van der Waals surface area contributed by atoms with Gasteiger partial charge < -0.3 is 24.8 Å². The first-order valence-electron chi connectivity index (χ1n) is 6.80. The second-order valence-corrected chi connectivity index (χ2v) is 4.44. The van der Waals surface area contributed by atoms with Crippen molar-refractivity contribution in [3.05, 3.63) is 0 Å². The molecule has 1 aliphatic rings. The van der Waals surface area contributed by atoms with E-state index >= 15 is 0 Å². The van der Waals surface area contributed by atoms with Gasteiger partial charge in [-0.1, -0.05) is 6.92 Å². The topological polar surface area (TPSA) is 92.6 Å². The molecule has 8 heteroatoms. The molecule has 2 heterocycles. The molecule has 0 spiro atoms. The summed E-state index contributed by atoms with van der Waals surface area (Å²) in [5.41, 5.74) is 0. The molecule has 20 heavy (non-hydrogen) atoms. The molecule has 1 aromatic heterocycles. The van der Waals surface area contributed by atoms with Crippen LogP contribution < -0.4 is 15.0 Å². The lowest BCUT2D eigenvalue weighted by atomic mass is 10.2. The number of rotatable bonds is 6. The highest BCUT2D eigenvalue weighted by Crippen LogP contribution is 2.19. The minimum absolute atomic E-state index is 0.00821. The van der Waals surface area contributed by atoms with Gasteiger partial charge in [0.2, 0.25) is 11.9 Å².